The van der Waals surface area contributed by atoms with Gasteiger partial charge in [-0.1, -0.05) is 22.9 Å². The van der Waals surface area contributed by atoms with Crippen LogP contribution >= 0.6 is 0 Å². The molecule has 0 saturated heterocycles. The van der Waals surface area contributed by atoms with Gasteiger partial charge in [-0.15, -0.1) is 0 Å². The summed E-state index contributed by atoms with van der Waals surface area (Å²) >= 11 is 0. The number of amides is 1. The van der Waals surface area contributed by atoms with E-state index in [2.05, 4.69) is 15.5 Å². The van der Waals surface area contributed by atoms with Gasteiger partial charge in [0.2, 0.25) is 5.82 Å². The zero-order valence-corrected chi connectivity index (χ0v) is 16.4. The summed E-state index contributed by atoms with van der Waals surface area (Å²) in [7, 11) is 1.54. The zero-order valence-electron chi connectivity index (χ0n) is 16.4. The van der Waals surface area contributed by atoms with Crippen molar-refractivity contribution in [3.05, 3.63) is 48.0 Å². The van der Waals surface area contributed by atoms with Crippen LogP contribution in [0, 0.1) is 6.92 Å². The predicted molar refractivity (Wildman–Crippen MR) is 105 cm³/mol. The Balaban J connectivity index is 1.76. The molecular formula is C21H23N3O4. The van der Waals surface area contributed by atoms with E-state index in [1.54, 1.807) is 18.2 Å². The van der Waals surface area contributed by atoms with Gasteiger partial charge >= 0.3 is 0 Å². The first kappa shape index (κ1) is 19.4. The summed E-state index contributed by atoms with van der Waals surface area (Å²) in [5.41, 5.74) is 2.73. The molecule has 1 aromatic heterocycles. The molecule has 146 valence electrons. The summed E-state index contributed by atoms with van der Waals surface area (Å²) in [6.07, 6.45) is 0. The van der Waals surface area contributed by atoms with E-state index in [1.807, 2.05) is 45.0 Å². The van der Waals surface area contributed by atoms with E-state index in [1.165, 1.54) is 7.11 Å². The number of hydrogen-bond donors (Lipinski definition) is 1. The molecule has 0 atom stereocenters. The molecule has 7 nitrogen and oxygen atoms in total. The molecule has 2 aromatic carbocycles. The van der Waals surface area contributed by atoms with Crippen molar-refractivity contribution >= 4 is 5.91 Å². The molecule has 3 aromatic rings. The third-order valence-corrected chi connectivity index (χ3v) is 3.95. The molecule has 0 unspecified atom stereocenters. The lowest BCUT2D eigenvalue weighted by molar-refractivity contribution is -0.123. The Morgan fingerprint density at radius 3 is 2.50 bits per heavy atom. The molecule has 0 spiro atoms. The van der Waals surface area contributed by atoms with Crippen molar-refractivity contribution in [1.82, 2.24) is 15.5 Å². The lowest BCUT2D eigenvalue weighted by Gasteiger charge is -2.12. The standard InChI is InChI=1S/C21H23N3O4/c1-13(2)22-19(25)12-27-17-10-9-16(11-18(17)26-4)20-23-21(28-24-20)15-7-5-14(3)6-8-15/h5-11,13H,12H2,1-4H3,(H,22,25). The fraction of sp³-hybridized carbons (Fsp3) is 0.286. The number of ether oxygens (including phenoxy) is 2. The van der Waals surface area contributed by atoms with Crippen LogP contribution in [0.1, 0.15) is 19.4 Å². The topological polar surface area (TPSA) is 86.5 Å². The SMILES string of the molecule is COc1cc(-c2noc(-c3ccc(C)cc3)n2)ccc1OCC(=O)NC(C)C. The first-order chi connectivity index (χ1) is 13.5. The van der Waals surface area contributed by atoms with Crippen LogP contribution in [0.3, 0.4) is 0 Å². The largest absolute Gasteiger partial charge is 0.493 e. The molecule has 1 amide bonds. The average Bonchev–Trinajstić information content (AvgIpc) is 3.16. The number of carbonyl (C=O) groups is 1. The Kier molecular flexibility index (Phi) is 5.93. The summed E-state index contributed by atoms with van der Waals surface area (Å²) < 4.78 is 16.3. The highest BCUT2D eigenvalue weighted by molar-refractivity contribution is 5.78. The summed E-state index contributed by atoms with van der Waals surface area (Å²) in [4.78, 5) is 16.2. The van der Waals surface area contributed by atoms with E-state index in [0.717, 1.165) is 16.7 Å². The Morgan fingerprint density at radius 2 is 1.82 bits per heavy atom. The maximum Gasteiger partial charge on any atom is 0.258 e. The van der Waals surface area contributed by atoms with E-state index in [0.29, 0.717) is 23.2 Å². The molecule has 0 fully saturated rings. The second-order valence-corrected chi connectivity index (χ2v) is 6.67. The number of hydrogen-bond acceptors (Lipinski definition) is 6. The lowest BCUT2D eigenvalue weighted by Crippen LogP contribution is -2.34. The summed E-state index contributed by atoms with van der Waals surface area (Å²) in [6, 6.07) is 13.2. The molecule has 28 heavy (non-hydrogen) atoms. The molecule has 1 heterocycles. The van der Waals surface area contributed by atoms with Gasteiger partial charge in [-0.3, -0.25) is 4.79 Å². The van der Waals surface area contributed by atoms with Crippen molar-refractivity contribution < 1.29 is 18.8 Å². The van der Waals surface area contributed by atoms with Crippen LogP contribution in [0.4, 0.5) is 0 Å². The van der Waals surface area contributed by atoms with Gasteiger partial charge < -0.3 is 19.3 Å². The van der Waals surface area contributed by atoms with Crippen LogP contribution in [-0.4, -0.2) is 35.8 Å². The van der Waals surface area contributed by atoms with Crippen LogP contribution in [0.15, 0.2) is 47.0 Å². The lowest BCUT2D eigenvalue weighted by atomic mass is 10.1. The smallest absolute Gasteiger partial charge is 0.258 e. The van der Waals surface area contributed by atoms with Crippen LogP contribution in [0.25, 0.3) is 22.8 Å². The average molecular weight is 381 g/mol. The molecule has 0 radical (unpaired) electrons. The van der Waals surface area contributed by atoms with Crippen LogP contribution in [0.2, 0.25) is 0 Å². The molecule has 3 rings (SSSR count). The third kappa shape index (κ3) is 4.68. The minimum absolute atomic E-state index is 0.0568. The van der Waals surface area contributed by atoms with Crippen molar-refractivity contribution in [2.24, 2.45) is 0 Å². The highest BCUT2D eigenvalue weighted by atomic mass is 16.5. The van der Waals surface area contributed by atoms with E-state index in [4.69, 9.17) is 14.0 Å². The van der Waals surface area contributed by atoms with E-state index in [9.17, 15) is 4.79 Å². The number of nitrogens with zero attached hydrogens (tertiary/aromatic N) is 2. The van der Waals surface area contributed by atoms with Crippen molar-refractivity contribution in [3.8, 4) is 34.3 Å². The third-order valence-electron chi connectivity index (χ3n) is 3.95. The maximum atomic E-state index is 11.8. The van der Waals surface area contributed by atoms with Gasteiger partial charge in [0.25, 0.3) is 11.8 Å². The van der Waals surface area contributed by atoms with Crippen molar-refractivity contribution in [2.75, 3.05) is 13.7 Å². The first-order valence-electron chi connectivity index (χ1n) is 8.97. The van der Waals surface area contributed by atoms with Gasteiger partial charge in [0.05, 0.1) is 7.11 Å². The van der Waals surface area contributed by atoms with Gasteiger partial charge in [0.1, 0.15) is 0 Å². The van der Waals surface area contributed by atoms with Crippen molar-refractivity contribution in [1.29, 1.82) is 0 Å². The molecule has 0 aliphatic carbocycles. The number of nitrogens with one attached hydrogen (secondary N) is 1. The first-order valence-corrected chi connectivity index (χ1v) is 8.97. The Morgan fingerprint density at radius 1 is 1.11 bits per heavy atom. The van der Waals surface area contributed by atoms with Crippen LogP contribution in [0.5, 0.6) is 11.5 Å². The van der Waals surface area contributed by atoms with Gasteiger partial charge in [-0.05, 0) is 51.1 Å². The molecule has 0 saturated carbocycles. The fourth-order valence-corrected chi connectivity index (χ4v) is 2.59. The van der Waals surface area contributed by atoms with E-state index in [-0.39, 0.29) is 18.6 Å². The van der Waals surface area contributed by atoms with Gasteiger partial charge in [0, 0.05) is 17.2 Å². The number of aromatic nitrogens is 2. The summed E-state index contributed by atoms with van der Waals surface area (Å²) in [5, 5.41) is 6.82. The zero-order chi connectivity index (χ0) is 20.1. The van der Waals surface area contributed by atoms with Crippen LogP contribution < -0.4 is 14.8 Å². The molecule has 7 heteroatoms. The monoisotopic (exact) mass is 381 g/mol. The fourth-order valence-electron chi connectivity index (χ4n) is 2.59. The maximum absolute atomic E-state index is 11.8. The Bertz CT molecular complexity index is 949. The van der Waals surface area contributed by atoms with E-state index >= 15 is 0 Å². The van der Waals surface area contributed by atoms with E-state index < -0.39 is 0 Å². The molecule has 0 bridgehead atoms. The predicted octanol–water partition coefficient (Wildman–Crippen LogP) is 3.62. The normalized spacial score (nSPS) is 10.8. The minimum Gasteiger partial charge on any atom is -0.493 e. The number of methoxy groups -OCH3 is 1. The summed E-state index contributed by atoms with van der Waals surface area (Å²) in [5.74, 6) is 1.64. The Hall–Kier alpha value is -3.35. The second-order valence-electron chi connectivity index (χ2n) is 6.67. The quantitative estimate of drug-likeness (QED) is 0.673. The molecule has 1 N–H and O–H groups in total. The van der Waals surface area contributed by atoms with Crippen molar-refractivity contribution in [3.63, 3.8) is 0 Å². The number of aryl methyl sites for hydroxylation is 1. The molecular weight excluding hydrogens is 358 g/mol. The number of carbonyl (C=O) groups excluding carboxylic acids is 1. The van der Waals surface area contributed by atoms with Gasteiger partial charge in [-0.2, -0.15) is 4.98 Å². The number of rotatable bonds is 7. The Labute approximate surface area is 163 Å². The molecule has 0 aliphatic rings. The highest BCUT2D eigenvalue weighted by Crippen LogP contribution is 2.32. The van der Waals surface area contributed by atoms with Crippen LogP contribution in [-0.2, 0) is 4.79 Å². The minimum atomic E-state index is -0.193. The highest BCUT2D eigenvalue weighted by Gasteiger charge is 2.14. The van der Waals surface area contributed by atoms with Gasteiger partial charge in [-0.25, -0.2) is 0 Å². The second kappa shape index (κ2) is 8.56. The van der Waals surface area contributed by atoms with Crippen molar-refractivity contribution in [2.45, 2.75) is 26.8 Å². The summed E-state index contributed by atoms with van der Waals surface area (Å²) in [6.45, 7) is 5.71. The molecule has 0 aliphatic heterocycles. The number of benzene rings is 2. The van der Waals surface area contributed by atoms with Gasteiger partial charge in [0.15, 0.2) is 18.1 Å².